The van der Waals surface area contributed by atoms with Crippen LogP contribution in [0.5, 0.6) is 0 Å². The molecule has 0 radical (unpaired) electrons. The average molecular weight is 775 g/mol. The molecule has 180 valence electrons. The van der Waals surface area contributed by atoms with Crippen molar-refractivity contribution in [2.24, 2.45) is 26.7 Å². The Balaban J connectivity index is -0.00000000601. The third kappa shape index (κ3) is 1670. The van der Waals surface area contributed by atoms with E-state index in [9.17, 15) is 0 Å². The molecule has 0 aromatic carbocycles. The minimum atomic E-state index is -1.08. The molecule has 0 spiro atoms. The van der Waals surface area contributed by atoms with E-state index in [1.165, 1.54) is 0 Å². The molecule has 0 saturated heterocycles. The molecular formula is N5Na10O20P5. The van der Waals surface area contributed by atoms with E-state index in [2.05, 4.69) is 0 Å². The molecule has 0 aromatic heterocycles. The molecule has 0 N–H and O–H groups in total. The first-order valence-electron chi connectivity index (χ1n) is 3.65. The van der Waals surface area contributed by atoms with Gasteiger partial charge in [-0.1, -0.05) is 0 Å². The molecule has 0 atom stereocenters. The number of hydrogen-bond donors (Lipinski definition) is 0. The first kappa shape index (κ1) is 136. The van der Waals surface area contributed by atoms with Crippen molar-refractivity contribution in [3.8, 4) is 0 Å². The van der Waals surface area contributed by atoms with Crippen molar-refractivity contribution in [2.45, 2.75) is 0 Å². The maximum Gasteiger partial charge on any atom is 1.00 e. The summed E-state index contributed by atoms with van der Waals surface area (Å²) in [4.78, 5) is 81.7. The van der Waals surface area contributed by atoms with E-state index in [0.717, 1.165) is 26.7 Å². The summed E-state index contributed by atoms with van der Waals surface area (Å²) in [6.45, 7) is 0. The first-order valence-corrected chi connectivity index (χ1v) is 7.30. The molecule has 0 aliphatic heterocycles. The van der Waals surface area contributed by atoms with Gasteiger partial charge in [0, 0.05) is 0 Å². The van der Waals surface area contributed by atoms with Gasteiger partial charge in [0.05, 0.1) is 43.4 Å². The van der Waals surface area contributed by atoms with Crippen molar-refractivity contribution in [2.75, 3.05) is 0 Å². The Labute approximate surface area is 453 Å². The van der Waals surface area contributed by atoms with Gasteiger partial charge in [0.1, 0.15) is 0 Å². The molecular weight excluding hydrogens is 775 g/mol. The van der Waals surface area contributed by atoms with Crippen LogP contribution >= 0.6 is 43.4 Å². The van der Waals surface area contributed by atoms with Crippen LogP contribution in [0.25, 0.3) is 0 Å². The second-order valence-electron chi connectivity index (χ2n) is 0.745. The van der Waals surface area contributed by atoms with Gasteiger partial charge in [-0.3, -0.25) is 22.8 Å². The number of hydrogen-bond acceptors (Lipinski definition) is 25. The zero-order chi connectivity index (χ0) is 27.1. The molecule has 0 amide bonds. The van der Waals surface area contributed by atoms with Crippen LogP contribution in [0.2, 0.25) is 0 Å². The van der Waals surface area contributed by atoms with Gasteiger partial charge in [0.25, 0.3) is 0 Å². The SMILES string of the molecule is O=N[O-].O=N[O-].O=N[O-].O=N[O-].O=N[O-].O=P[O-].O=P[O-].O=P[O-].O=P[O-].O=P[O-].[Na+].[Na+].[Na+].[Na+].[Na+].[Na+].[Na+].[Na+].[Na+].[Na+]. The van der Waals surface area contributed by atoms with Gasteiger partial charge in [0.2, 0.25) is 0 Å². The van der Waals surface area contributed by atoms with Crippen molar-refractivity contribution in [3.63, 3.8) is 0 Å². The van der Waals surface area contributed by atoms with Crippen molar-refractivity contribution < 1.29 is 343 Å². The summed E-state index contributed by atoms with van der Waals surface area (Å²) in [6, 6.07) is 0. The van der Waals surface area contributed by atoms with Gasteiger partial charge in [-0.05, 0) is 0 Å². The summed E-state index contributed by atoms with van der Waals surface area (Å²) in [5, 5.41) is 45.0. The smallest absolute Gasteiger partial charge is 0.772 e. The fourth-order valence-electron chi connectivity index (χ4n) is 0. The molecule has 0 rings (SSSR count). The average Bonchev–Trinajstić information content (AvgIpc) is 2.61. The van der Waals surface area contributed by atoms with Gasteiger partial charge in [-0.15, -0.1) is 26.7 Å². The van der Waals surface area contributed by atoms with Crippen molar-refractivity contribution >= 4 is 43.4 Å². The Bertz CT molecular complexity index is 245. The van der Waals surface area contributed by atoms with E-state index in [4.69, 9.17) is 97.9 Å². The molecule has 40 heavy (non-hydrogen) atoms. The molecule has 0 aromatic rings. The monoisotopic (exact) mass is 775 g/mol. The van der Waals surface area contributed by atoms with Crippen molar-refractivity contribution in [3.05, 3.63) is 50.6 Å². The van der Waals surface area contributed by atoms with Gasteiger partial charge in [-0.2, -0.15) is 0 Å². The molecule has 0 unspecified atom stereocenters. The van der Waals surface area contributed by atoms with E-state index >= 15 is 0 Å². The topological polar surface area (TPSA) is 463 Å². The zero-order valence-corrected chi connectivity index (χ0v) is 47.1. The Hall–Kier alpha value is 7.30. The molecule has 40 heteroatoms. The summed E-state index contributed by atoms with van der Waals surface area (Å²) in [5.74, 6) is 0. The fourth-order valence-corrected chi connectivity index (χ4v) is 0. The van der Waals surface area contributed by atoms with E-state index in [1.807, 2.05) is 0 Å². The minimum absolute atomic E-state index is 0. The molecule has 0 saturated carbocycles. The van der Waals surface area contributed by atoms with Crippen LogP contribution < -0.4 is 320 Å². The largest absolute Gasteiger partial charge is 1.00 e. The van der Waals surface area contributed by atoms with Crippen LogP contribution in [-0.4, -0.2) is 0 Å². The summed E-state index contributed by atoms with van der Waals surface area (Å²) >= 11 is 0. The third-order valence-electron chi connectivity index (χ3n) is 0. The third-order valence-corrected chi connectivity index (χ3v) is 0. The fraction of sp³-hybridized carbons (Fsp3) is 0. The minimum Gasteiger partial charge on any atom is -0.772 e. The van der Waals surface area contributed by atoms with Crippen LogP contribution in [-0.2, 0) is 22.8 Å². The maximum atomic E-state index is 8.35. The molecule has 0 aliphatic rings. The second-order valence-corrected chi connectivity index (χ2v) is 1.49. The van der Waals surface area contributed by atoms with Gasteiger partial charge in [0.15, 0.2) is 0 Å². The van der Waals surface area contributed by atoms with Crippen LogP contribution in [0.15, 0.2) is 26.7 Å². The Morgan fingerprint density at radius 3 is 0.275 bits per heavy atom. The van der Waals surface area contributed by atoms with E-state index in [1.54, 1.807) is 0 Å². The Kier molecular flexibility index (Phi) is 1080. The molecule has 0 fully saturated rings. The molecule has 25 nitrogen and oxygen atoms in total. The summed E-state index contributed by atoms with van der Waals surface area (Å²) in [5.41, 5.74) is 0. The summed E-state index contributed by atoms with van der Waals surface area (Å²) in [6.07, 6.45) is 0. The van der Waals surface area contributed by atoms with E-state index in [-0.39, 0.29) is 296 Å². The standard InChI is InChI=1S/5HNO2.10Na.5HO2P/c5*2-1-3;;;;;;;;;;;5*1-3-2/h5*(H,2,3);;;;;;;;;;;5*(H,1,2)/q;;;;;10*+1;;;;;/p-10. The first-order chi connectivity index (χ1) is 14.1. The molecule has 0 heterocycles. The Morgan fingerprint density at radius 1 is 0.275 bits per heavy atom. The zero-order valence-electron chi connectivity index (χ0n) is 22.6. The van der Waals surface area contributed by atoms with Gasteiger partial charge >= 0.3 is 296 Å². The van der Waals surface area contributed by atoms with Crippen molar-refractivity contribution in [1.29, 1.82) is 0 Å². The second kappa shape index (κ2) is 317. The number of rotatable bonds is 0. The predicted octanol–water partition coefficient (Wildman–Crippen LogP) is -30.9. The number of nitrogens with zero attached hydrogens (tertiary/aromatic N) is 5. The van der Waals surface area contributed by atoms with Crippen LogP contribution in [0, 0.1) is 50.6 Å². The van der Waals surface area contributed by atoms with Crippen molar-refractivity contribution in [1.82, 2.24) is 0 Å². The maximum absolute atomic E-state index is 8.35. The molecule has 0 bridgehead atoms. The quantitative estimate of drug-likeness (QED) is 0.0954. The van der Waals surface area contributed by atoms with Crippen LogP contribution in [0.3, 0.4) is 0 Å². The van der Waals surface area contributed by atoms with Crippen LogP contribution in [0.1, 0.15) is 0 Å². The van der Waals surface area contributed by atoms with Gasteiger partial charge in [-0.25, -0.2) is 0 Å². The normalized spacial score (nSPS) is 4.12. The summed E-state index contributed by atoms with van der Waals surface area (Å²) in [7, 11) is -5.42. The molecule has 0 aliphatic carbocycles. The van der Waals surface area contributed by atoms with E-state index in [0.29, 0.717) is 0 Å². The van der Waals surface area contributed by atoms with Crippen LogP contribution in [0.4, 0.5) is 0 Å². The summed E-state index contributed by atoms with van der Waals surface area (Å²) < 4.78 is 41.7. The predicted molar refractivity (Wildman–Crippen MR) is 83.8 cm³/mol. The van der Waals surface area contributed by atoms with Gasteiger partial charge < -0.3 is 75.0 Å². The van der Waals surface area contributed by atoms with E-state index < -0.39 is 43.4 Å². The Morgan fingerprint density at radius 2 is 0.275 bits per heavy atom.